The van der Waals surface area contributed by atoms with E-state index in [-0.39, 0.29) is 5.91 Å². The molecule has 3 nitrogen and oxygen atoms in total. The lowest BCUT2D eigenvalue weighted by molar-refractivity contribution is -0.155. The van der Waals surface area contributed by atoms with Crippen molar-refractivity contribution < 1.29 is 9.90 Å². The molecule has 24 heavy (non-hydrogen) atoms. The zero-order chi connectivity index (χ0) is 17.5. The summed E-state index contributed by atoms with van der Waals surface area (Å²) in [7, 11) is 0. The van der Waals surface area contributed by atoms with E-state index in [0.717, 1.165) is 5.56 Å². The maximum absolute atomic E-state index is 13.1. The van der Waals surface area contributed by atoms with Crippen molar-refractivity contribution in [3.05, 3.63) is 76.8 Å². The first kappa shape index (κ1) is 16.7. The molecule has 4 heteroatoms. The van der Waals surface area contributed by atoms with Gasteiger partial charge in [-0.3, -0.25) is 9.69 Å². The summed E-state index contributed by atoms with van der Waals surface area (Å²) in [5.41, 5.74) is -0.145. The van der Waals surface area contributed by atoms with Crippen LogP contribution < -0.4 is 0 Å². The summed E-state index contributed by atoms with van der Waals surface area (Å²) >= 11 is 5.94. The lowest BCUT2D eigenvalue weighted by Gasteiger charge is -2.42. The summed E-state index contributed by atoms with van der Waals surface area (Å²) in [6.45, 7) is 5.74. The van der Waals surface area contributed by atoms with Crippen LogP contribution in [0, 0.1) is 0 Å². The Hall–Kier alpha value is -2.10. The van der Waals surface area contributed by atoms with Crippen molar-refractivity contribution >= 4 is 23.1 Å². The largest absolute Gasteiger partial charge is 0.363 e. The van der Waals surface area contributed by atoms with Crippen molar-refractivity contribution in [1.82, 2.24) is 4.90 Å². The molecule has 1 aliphatic heterocycles. The minimum absolute atomic E-state index is 0.198. The van der Waals surface area contributed by atoms with E-state index in [1.54, 1.807) is 30.3 Å². The standard InChI is InChI=1S/C20H20ClNO2/c1-19(2,3)22-18(23)17(14-9-11-16(21)12-10-14)13-20(22,24)15-7-5-4-6-8-15/h4-13,24H,1-3H3. The number of benzene rings is 2. The maximum atomic E-state index is 13.1. The van der Waals surface area contributed by atoms with E-state index in [1.807, 2.05) is 51.1 Å². The highest BCUT2D eigenvalue weighted by Gasteiger charge is 2.50. The number of hydrogen-bond donors (Lipinski definition) is 1. The van der Waals surface area contributed by atoms with Gasteiger partial charge in [0, 0.05) is 21.7 Å². The highest BCUT2D eigenvalue weighted by Crippen LogP contribution is 2.43. The Labute approximate surface area is 147 Å². The molecule has 1 amide bonds. The van der Waals surface area contributed by atoms with Crippen LogP contribution in [0.5, 0.6) is 0 Å². The van der Waals surface area contributed by atoms with E-state index >= 15 is 0 Å². The van der Waals surface area contributed by atoms with Crippen LogP contribution in [0.4, 0.5) is 0 Å². The van der Waals surface area contributed by atoms with Gasteiger partial charge in [-0.15, -0.1) is 0 Å². The van der Waals surface area contributed by atoms with E-state index in [0.29, 0.717) is 16.2 Å². The third kappa shape index (κ3) is 2.74. The van der Waals surface area contributed by atoms with E-state index in [9.17, 15) is 9.90 Å². The molecule has 1 aliphatic rings. The molecular weight excluding hydrogens is 322 g/mol. The van der Waals surface area contributed by atoms with Crippen LogP contribution in [0.3, 0.4) is 0 Å². The van der Waals surface area contributed by atoms with Gasteiger partial charge in [-0.2, -0.15) is 0 Å². The molecule has 1 N–H and O–H groups in total. The van der Waals surface area contributed by atoms with Crippen LogP contribution in [0.25, 0.3) is 5.57 Å². The molecule has 124 valence electrons. The Kier molecular flexibility index (Phi) is 4.02. The Balaban J connectivity index is 2.17. The molecule has 0 saturated carbocycles. The van der Waals surface area contributed by atoms with Crippen LogP contribution in [0.1, 0.15) is 31.9 Å². The minimum Gasteiger partial charge on any atom is -0.363 e. The summed E-state index contributed by atoms with van der Waals surface area (Å²) in [6.07, 6.45) is 1.64. The third-order valence-corrected chi connectivity index (χ3v) is 4.40. The van der Waals surface area contributed by atoms with E-state index in [2.05, 4.69) is 0 Å². The summed E-state index contributed by atoms with van der Waals surface area (Å²) in [6, 6.07) is 16.3. The fourth-order valence-electron chi connectivity index (χ4n) is 3.15. The third-order valence-electron chi connectivity index (χ3n) is 4.14. The summed E-state index contributed by atoms with van der Waals surface area (Å²) in [5.74, 6) is -0.198. The number of carbonyl (C=O) groups is 1. The number of rotatable bonds is 2. The molecule has 2 aromatic carbocycles. The van der Waals surface area contributed by atoms with Gasteiger partial charge in [0.05, 0.1) is 0 Å². The van der Waals surface area contributed by atoms with Crippen LogP contribution in [0.2, 0.25) is 5.02 Å². The zero-order valence-electron chi connectivity index (χ0n) is 14.0. The van der Waals surface area contributed by atoms with Crippen molar-refractivity contribution in [3.8, 4) is 0 Å². The van der Waals surface area contributed by atoms with Crippen LogP contribution in [-0.2, 0) is 10.5 Å². The van der Waals surface area contributed by atoms with Crippen LogP contribution in [0.15, 0.2) is 60.7 Å². The molecule has 0 fully saturated rings. The average Bonchev–Trinajstić information content (AvgIpc) is 2.81. The summed E-state index contributed by atoms with van der Waals surface area (Å²) in [5, 5.41) is 12.0. The van der Waals surface area contributed by atoms with Crippen LogP contribution >= 0.6 is 11.6 Å². The molecule has 0 radical (unpaired) electrons. The second kappa shape index (κ2) is 5.76. The minimum atomic E-state index is -1.48. The fraction of sp³-hybridized carbons (Fsp3) is 0.250. The smallest absolute Gasteiger partial charge is 0.257 e. The average molecular weight is 342 g/mol. The normalized spacial score (nSPS) is 21.1. The highest BCUT2D eigenvalue weighted by molar-refractivity contribution is 6.30. The van der Waals surface area contributed by atoms with Gasteiger partial charge in [-0.25, -0.2) is 0 Å². The number of hydrogen-bond acceptors (Lipinski definition) is 2. The molecule has 0 bridgehead atoms. The van der Waals surface area contributed by atoms with Crippen molar-refractivity contribution in [2.24, 2.45) is 0 Å². The van der Waals surface area contributed by atoms with Gasteiger partial charge in [0.15, 0.2) is 5.72 Å². The maximum Gasteiger partial charge on any atom is 0.257 e. The fourth-order valence-corrected chi connectivity index (χ4v) is 3.28. The van der Waals surface area contributed by atoms with Gasteiger partial charge in [0.2, 0.25) is 0 Å². The SMILES string of the molecule is CC(C)(C)N1C(=O)C(c2ccc(Cl)cc2)=CC1(O)c1ccccc1. The Bertz CT molecular complexity index is 791. The van der Waals surface area contributed by atoms with Crippen LogP contribution in [-0.4, -0.2) is 21.5 Å². The molecule has 1 atom stereocenters. The predicted octanol–water partition coefficient (Wildman–Crippen LogP) is 4.21. The van der Waals surface area contributed by atoms with Crippen molar-refractivity contribution in [2.45, 2.75) is 32.0 Å². The molecule has 0 aromatic heterocycles. The van der Waals surface area contributed by atoms with Crippen molar-refractivity contribution in [2.75, 3.05) is 0 Å². The Morgan fingerprint density at radius 1 is 1.00 bits per heavy atom. The van der Waals surface area contributed by atoms with Crippen molar-refractivity contribution in [1.29, 1.82) is 0 Å². The number of carbonyl (C=O) groups excluding carboxylic acids is 1. The predicted molar refractivity (Wildman–Crippen MR) is 96.4 cm³/mol. The van der Waals surface area contributed by atoms with Gasteiger partial charge in [-0.1, -0.05) is 54.1 Å². The Morgan fingerprint density at radius 2 is 1.58 bits per heavy atom. The molecular formula is C20H20ClNO2. The molecule has 0 aliphatic carbocycles. The van der Waals surface area contributed by atoms with Gasteiger partial charge in [-0.05, 0) is 44.5 Å². The Morgan fingerprint density at radius 3 is 2.12 bits per heavy atom. The second-order valence-corrected chi connectivity index (χ2v) is 7.40. The number of amides is 1. The molecule has 1 heterocycles. The molecule has 2 aromatic rings. The number of aliphatic hydroxyl groups is 1. The number of halogens is 1. The second-order valence-electron chi connectivity index (χ2n) is 6.97. The summed E-state index contributed by atoms with van der Waals surface area (Å²) in [4.78, 5) is 14.6. The molecule has 0 spiro atoms. The van der Waals surface area contributed by atoms with Crippen molar-refractivity contribution in [3.63, 3.8) is 0 Å². The van der Waals surface area contributed by atoms with E-state index < -0.39 is 11.3 Å². The van der Waals surface area contributed by atoms with Gasteiger partial charge in [0.1, 0.15) is 0 Å². The monoisotopic (exact) mass is 341 g/mol. The van der Waals surface area contributed by atoms with E-state index in [4.69, 9.17) is 11.6 Å². The number of nitrogens with zero attached hydrogens (tertiary/aromatic N) is 1. The topological polar surface area (TPSA) is 40.5 Å². The van der Waals surface area contributed by atoms with Gasteiger partial charge >= 0.3 is 0 Å². The quantitative estimate of drug-likeness (QED) is 0.888. The first-order chi connectivity index (χ1) is 11.2. The lowest BCUT2D eigenvalue weighted by Crippen LogP contribution is -2.54. The van der Waals surface area contributed by atoms with Gasteiger partial charge < -0.3 is 5.11 Å². The first-order valence-corrected chi connectivity index (χ1v) is 8.22. The molecule has 1 unspecified atom stereocenters. The molecule has 0 saturated heterocycles. The molecule has 3 rings (SSSR count). The lowest BCUT2D eigenvalue weighted by atomic mass is 9.96. The van der Waals surface area contributed by atoms with E-state index in [1.165, 1.54) is 4.90 Å². The highest BCUT2D eigenvalue weighted by atomic mass is 35.5. The summed E-state index contributed by atoms with van der Waals surface area (Å²) < 4.78 is 0. The van der Waals surface area contributed by atoms with Gasteiger partial charge in [0.25, 0.3) is 5.91 Å². The zero-order valence-corrected chi connectivity index (χ0v) is 14.7. The first-order valence-electron chi connectivity index (χ1n) is 7.85.